The molecule has 0 aromatic rings. The van der Waals surface area contributed by atoms with E-state index in [0.29, 0.717) is 25.6 Å². The second kappa shape index (κ2) is 9.72. The Morgan fingerprint density at radius 3 is 2.82 bits per heavy atom. The highest BCUT2D eigenvalue weighted by Gasteiger charge is 1.82. The minimum Gasteiger partial charge on any atom is -0.388 e. The highest BCUT2D eigenvalue weighted by atomic mass is 127. The van der Waals surface area contributed by atoms with Gasteiger partial charge in [-0.15, -0.1) is 30.4 Å². The van der Waals surface area contributed by atoms with Crippen LogP contribution in [-0.4, -0.2) is 25.6 Å². The molecule has 0 aliphatic rings. The lowest BCUT2D eigenvalue weighted by Gasteiger charge is -1.95. The summed E-state index contributed by atoms with van der Waals surface area (Å²) in [5.74, 6) is 2.93. The number of rotatable bonds is 4. The van der Waals surface area contributed by atoms with E-state index in [1.54, 1.807) is 6.92 Å². The largest absolute Gasteiger partial charge is 0.388 e. The normalized spacial score (nSPS) is 10.0. The molecule has 0 aromatic heterocycles. The summed E-state index contributed by atoms with van der Waals surface area (Å²) >= 11 is 0. The predicted octanol–water partition coefficient (Wildman–Crippen LogP) is 0.631. The van der Waals surface area contributed by atoms with Crippen molar-refractivity contribution in [3.05, 3.63) is 0 Å². The van der Waals surface area contributed by atoms with E-state index in [9.17, 15) is 0 Å². The van der Waals surface area contributed by atoms with Crippen LogP contribution >= 0.6 is 24.0 Å². The number of aliphatic imine (C=N–C) groups is 1. The summed E-state index contributed by atoms with van der Waals surface area (Å²) in [6, 6.07) is 0. The summed E-state index contributed by atoms with van der Waals surface area (Å²) in [4.78, 5) is 3.90. The van der Waals surface area contributed by atoms with Gasteiger partial charge in [0, 0.05) is 0 Å². The van der Waals surface area contributed by atoms with Crippen LogP contribution < -0.4 is 5.73 Å². The van der Waals surface area contributed by atoms with Crippen LogP contribution in [0, 0.1) is 12.3 Å². The van der Waals surface area contributed by atoms with Gasteiger partial charge in [-0.05, 0) is 6.92 Å². The van der Waals surface area contributed by atoms with Crippen molar-refractivity contribution < 1.29 is 4.74 Å². The molecule has 3 nitrogen and oxygen atoms in total. The van der Waals surface area contributed by atoms with Crippen LogP contribution in [-0.2, 0) is 4.74 Å². The van der Waals surface area contributed by atoms with Crippen LogP contribution in [0.2, 0.25) is 0 Å². The van der Waals surface area contributed by atoms with Gasteiger partial charge < -0.3 is 10.5 Å². The van der Waals surface area contributed by atoms with Crippen LogP contribution in [0.5, 0.6) is 0 Å². The van der Waals surface area contributed by atoms with Crippen molar-refractivity contribution in [3.8, 4) is 12.3 Å². The molecule has 0 atom stereocenters. The molecule has 0 heterocycles. The van der Waals surface area contributed by atoms with Crippen molar-refractivity contribution >= 4 is 29.8 Å². The third-order valence-corrected chi connectivity index (χ3v) is 0.782. The van der Waals surface area contributed by atoms with Crippen molar-refractivity contribution in [2.75, 3.05) is 19.8 Å². The van der Waals surface area contributed by atoms with Crippen LogP contribution in [0.25, 0.3) is 0 Å². The standard InChI is InChI=1S/C7H12N2O.HI/c1-3-5-10-6-4-9-7(2)8;/h1H,4-6H2,2H3,(H2,8,9);1H. The second-order valence-electron chi connectivity index (χ2n) is 1.78. The van der Waals surface area contributed by atoms with Gasteiger partial charge in [0.25, 0.3) is 0 Å². The lowest BCUT2D eigenvalue weighted by Crippen LogP contribution is -2.08. The zero-order valence-electron chi connectivity index (χ0n) is 6.54. The van der Waals surface area contributed by atoms with Crippen molar-refractivity contribution in [1.29, 1.82) is 0 Å². The van der Waals surface area contributed by atoms with Crippen LogP contribution in [0.3, 0.4) is 0 Å². The fourth-order valence-electron chi connectivity index (χ4n) is 0.418. The van der Waals surface area contributed by atoms with Crippen molar-refractivity contribution in [3.63, 3.8) is 0 Å². The summed E-state index contributed by atoms with van der Waals surface area (Å²) in [6.45, 7) is 3.21. The van der Waals surface area contributed by atoms with Gasteiger partial charge in [-0.25, -0.2) is 0 Å². The molecular formula is C7H13IN2O. The molecule has 0 unspecified atom stereocenters. The molecule has 11 heavy (non-hydrogen) atoms. The Kier molecular flexibility index (Phi) is 11.8. The van der Waals surface area contributed by atoms with Gasteiger partial charge in [-0.2, -0.15) is 0 Å². The van der Waals surface area contributed by atoms with Crippen LogP contribution in [0.1, 0.15) is 6.92 Å². The van der Waals surface area contributed by atoms with E-state index < -0.39 is 0 Å². The Morgan fingerprint density at radius 1 is 1.73 bits per heavy atom. The van der Waals surface area contributed by atoms with Crippen LogP contribution in [0.4, 0.5) is 0 Å². The third-order valence-electron chi connectivity index (χ3n) is 0.782. The average Bonchev–Trinajstić information content (AvgIpc) is 1.87. The minimum absolute atomic E-state index is 0. The predicted molar refractivity (Wildman–Crippen MR) is 57.2 cm³/mol. The highest BCUT2D eigenvalue weighted by molar-refractivity contribution is 14.0. The van der Waals surface area contributed by atoms with Gasteiger partial charge in [-0.3, -0.25) is 4.99 Å². The first-order valence-electron chi connectivity index (χ1n) is 3.05. The first-order valence-corrected chi connectivity index (χ1v) is 3.05. The van der Waals surface area contributed by atoms with Crippen LogP contribution in [0.15, 0.2) is 4.99 Å². The molecule has 0 rings (SSSR count). The molecule has 0 saturated heterocycles. The topological polar surface area (TPSA) is 47.6 Å². The van der Waals surface area contributed by atoms with E-state index >= 15 is 0 Å². The van der Waals surface area contributed by atoms with Crippen molar-refractivity contribution in [2.24, 2.45) is 10.7 Å². The summed E-state index contributed by atoms with van der Waals surface area (Å²) in [5, 5.41) is 0. The molecular weight excluding hydrogens is 255 g/mol. The zero-order chi connectivity index (χ0) is 7.82. The number of halogens is 1. The molecule has 0 fully saturated rings. The van der Waals surface area contributed by atoms with E-state index in [2.05, 4.69) is 10.9 Å². The van der Waals surface area contributed by atoms with E-state index in [-0.39, 0.29) is 24.0 Å². The Balaban J connectivity index is 0. The SMILES string of the molecule is C#CCOCCN=C(C)N.I. The molecule has 0 saturated carbocycles. The Bertz CT molecular complexity index is 147. The molecule has 64 valence electrons. The smallest absolute Gasteiger partial charge is 0.107 e. The summed E-state index contributed by atoms with van der Waals surface area (Å²) in [7, 11) is 0. The molecule has 0 aromatic carbocycles. The van der Waals surface area contributed by atoms with Gasteiger partial charge in [-0.1, -0.05) is 5.92 Å². The number of amidine groups is 1. The maximum atomic E-state index is 5.26. The number of terminal acetylenes is 1. The minimum atomic E-state index is 0. The monoisotopic (exact) mass is 268 g/mol. The maximum absolute atomic E-state index is 5.26. The van der Waals surface area contributed by atoms with Gasteiger partial charge in [0.2, 0.25) is 0 Å². The first kappa shape index (κ1) is 13.3. The van der Waals surface area contributed by atoms with Gasteiger partial charge >= 0.3 is 0 Å². The molecule has 0 bridgehead atoms. The lowest BCUT2D eigenvalue weighted by atomic mass is 10.6. The molecule has 4 heteroatoms. The molecule has 0 radical (unpaired) electrons. The molecule has 0 aliphatic carbocycles. The molecule has 0 amide bonds. The Morgan fingerprint density at radius 2 is 2.36 bits per heavy atom. The van der Waals surface area contributed by atoms with Gasteiger partial charge in [0.15, 0.2) is 0 Å². The zero-order valence-corrected chi connectivity index (χ0v) is 8.87. The third kappa shape index (κ3) is 12.8. The fraction of sp³-hybridized carbons (Fsp3) is 0.571. The summed E-state index contributed by atoms with van der Waals surface area (Å²) in [6.07, 6.45) is 4.94. The van der Waals surface area contributed by atoms with Gasteiger partial charge in [0.1, 0.15) is 6.61 Å². The fourth-order valence-corrected chi connectivity index (χ4v) is 0.418. The average molecular weight is 268 g/mol. The quantitative estimate of drug-likeness (QED) is 0.267. The lowest BCUT2D eigenvalue weighted by molar-refractivity contribution is 0.176. The van der Waals surface area contributed by atoms with E-state index in [0.717, 1.165) is 0 Å². The molecule has 2 N–H and O–H groups in total. The summed E-state index contributed by atoms with van der Waals surface area (Å²) in [5.41, 5.74) is 5.26. The number of hydrogen-bond donors (Lipinski definition) is 1. The molecule has 0 spiro atoms. The van der Waals surface area contributed by atoms with Crippen molar-refractivity contribution in [1.82, 2.24) is 0 Å². The highest BCUT2D eigenvalue weighted by Crippen LogP contribution is 1.75. The Hall–Kier alpha value is -0.280. The van der Waals surface area contributed by atoms with E-state index in [1.165, 1.54) is 0 Å². The second-order valence-corrected chi connectivity index (χ2v) is 1.78. The summed E-state index contributed by atoms with van der Waals surface area (Å²) < 4.78 is 4.93. The number of nitrogens with two attached hydrogens (primary N) is 1. The van der Waals surface area contributed by atoms with E-state index in [4.69, 9.17) is 16.9 Å². The first-order chi connectivity index (χ1) is 4.77. The molecule has 0 aliphatic heterocycles. The van der Waals surface area contributed by atoms with E-state index in [1.807, 2.05) is 0 Å². The Labute approximate surface area is 84.4 Å². The maximum Gasteiger partial charge on any atom is 0.107 e. The van der Waals surface area contributed by atoms with Crippen molar-refractivity contribution in [2.45, 2.75) is 6.92 Å². The number of nitrogens with zero attached hydrogens (tertiary/aromatic N) is 1. The van der Waals surface area contributed by atoms with Gasteiger partial charge in [0.05, 0.1) is 19.0 Å². The number of hydrogen-bond acceptors (Lipinski definition) is 2. The number of ether oxygens (including phenoxy) is 1.